The van der Waals surface area contributed by atoms with Crippen molar-refractivity contribution in [1.82, 2.24) is 0 Å². The Morgan fingerprint density at radius 1 is 0.248 bits per heavy atom. The Hall–Kier alpha value is -4.90. The smallest absolute Gasteiger partial charge is 0.189 e. The third-order valence-corrected chi connectivity index (χ3v) is 22.3. The van der Waals surface area contributed by atoms with Gasteiger partial charge in [-0.1, -0.05) is 269 Å². The predicted molar refractivity (Wildman–Crippen MR) is 536 cm³/mol. The summed E-state index contributed by atoms with van der Waals surface area (Å²) in [7, 11) is -3.86. The maximum atomic E-state index is 12.3. The van der Waals surface area contributed by atoms with Gasteiger partial charge in [-0.2, -0.15) is 0 Å². The van der Waals surface area contributed by atoms with Crippen molar-refractivity contribution in [3.05, 3.63) is 420 Å². The van der Waals surface area contributed by atoms with Gasteiger partial charge in [0.15, 0.2) is 28.9 Å². The van der Waals surface area contributed by atoms with Crippen molar-refractivity contribution in [3.63, 3.8) is 0 Å². The van der Waals surface area contributed by atoms with Crippen LogP contribution < -0.4 is 0 Å². The van der Waals surface area contributed by atoms with E-state index in [0.29, 0.717) is 27.8 Å². The molecule has 701 valence electrons. The van der Waals surface area contributed by atoms with Crippen molar-refractivity contribution in [2.75, 3.05) is 36.5 Å². The Balaban J connectivity index is 0.00000147. The van der Waals surface area contributed by atoms with Crippen LogP contribution in [0.4, 0.5) is 0 Å². The van der Waals surface area contributed by atoms with Gasteiger partial charge in [0.2, 0.25) is 0 Å². The molecule has 0 amide bonds. The molecular weight excluding hydrogens is 2460 g/mol. The number of rotatable bonds is 20. The van der Waals surface area contributed by atoms with Crippen LogP contribution >= 0.6 is 0 Å². The van der Waals surface area contributed by atoms with Crippen LogP contribution in [0.2, 0.25) is 0 Å². The first-order valence-corrected chi connectivity index (χ1v) is 48.8. The molecule has 0 fully saturated rings. The van der Waals surface area contributed by atoms with E-state index < -0.39 is 54.0 Å². The topological polar surface area (TPSA) is 272 Å². The Labute approximate surface area is 1000 Å². The van der Waals surface area contributed by atoms with Gasteiger partial charge in [0.25, 0.3) is 0 Å². The molecule has 0 aromatic heterocycles. The molecule has 14 aromatic rings. The van der Waals surface area contributed by atoms with E-state index in [1.807, 2.05) is 305 Å². The molecule has 133 heavy (non-hydrogen) atoms. The van der Waals surface area contributed by atoms with Crippen molar-refractivity contribution in [3.8, 4) is 0 Å². The number of aliphatic hydroxyl groups is 5. The Kier molecular flexibility index (Phi) is 69.7. The molecule has 0 saturated heterocycles. The molecule has 0 saturated carbocycles. The van der Waals surface area contributed by atoms with E-state index in [1.165, 1.54) is 65.0 Å². The molecule has 25 heteroatoms. The molecule has 0 aliphatic heterocycles. The summed E-state index contributed by atoms with van der Waals surface area (Å²) in [6.07, 6.45) is 17.4. The normalized spacial score (nSPS) is 11.1. The molecule has 5 radical (unpaired) electrons. The van der Waals surface area contributed by atoms with Gasteiger partial charge in [-0.3, -0.25) is 36.6 Å². The Bertz CT molecular complexity index is 5580. The van der Waals surface area contributed by atoms with Crippen molar-refractivity contribution in [2.24, 2.45) is 0 Å². The van der Waals surface area contributed by atoms with Gasteiger partial charge < -0.3 is 25.5 Å². The molecule has 2 unspecified atom stereocenters. The third kappa shape index (κ3) is 52.3. The summed E-state index contributed by atoms with van der Waals surface area (Å²) in [4.78, 5) is 61.7. The zero-order valence-corrected chi connectivity index (χ0v) is 92.7. The van der Waals surface area contributed by atoms with Gasteiger partial charge in [-0.25, -0.2) is 8.42 Å². The minimum atomic E-state index is -1.07. The van der Waals surface area contributed by atoms with Gasteiger partial charge in [-0.05, 0) is 205 Å². The fourth-order valence-electron chi connectivity index (χ4n) is 11.6. The summed E-state index contributed by atoms with van der Waals surface area (Å²) in [6, 6.07) is 101. The molecule has 15 nitrogen and oxygen atoms in total. The van der Waals surface area contributed by atoms with Crippen LogP contribution in [0.5, 0.6) is 0 Å². The molecule has 14 rings (SSSR count). The summed E-state index contributed by atoms with van der Waals surface area (Å²) in [6.45, 7) is 15.7. The van der Waals surface area contributed by atoms with E-state index in [0.717, 1.165) is 122 Å². The number of ketones is 5. The van der Waals surface area contributed by atoms with Crippen LogP contribution in [0, 0.1) is 261 Å². The molecule has 0 heterocycles. The Morgan fingerprint density at radius 3 is 0.602 bits per heavy atom. The zero-order valence-electron chi connectivity index (χ0n) is 76.5. The van der Waals surface area contributed by atoms with Crippen LogP contribution in [0.1, 0.15) is 137 Å². The largest absolute Gasteiger partial charge is 0.512 e. The monoisotopic (exact) mass is 2580 g/mol. The molecule has 14 aromatic carbocycles. The second-order valence-electron chi connectivity index (χ2n) is 29.4. The summed E-state index contributed by atoms with van der Waals surface area (Å²) in [5.74, 6) is 0.997. The number of carbonyl (C=O) groups excluding carboxylic acids is 5. The number of hydrogen-bond donors (Lipinski definition) is 5. The second-order valence-corrected chi connectivity index (χ2v) is 36.9. The SMILES string of the molecule is CC(O)=CC(=O)c1ccc2ccccc2c1.CC(O)=CC(=O)c1ccc2ccccc2c1.CC(O)=CC(=O)c1ccc2ccccc2c1.CC(O)=CC(=O)c1ccc2ccccc2c1.CC(O)=CC(=O)c1ccc2ccccc2c1.CCCCS(C)=O.CCCCS(C)=O.CS(C)=O.Cc1cccc(S(=O)c2cccc(C)c2)c1.O=S(c1ccccc1)c1ccccc1.[Eu].[Eu].[Eu].[Eu].[Eu]. The maximum absolute atomic E-state index is 12.3. The summed E-state index contributed by atoms with van der Waals surface area (Å²) >= 11 is 0. The van der Waals surface area contributed by atoms with Crippen LogP contribution in [-0.4, -0.2) is 112 Å². The van der Waals surface area contributed by atoms with E-state index >= 15 is 0 Å². The fraction of sp³-hybridized carbons (Fsp3) is 0.176. The number of benzene rings is 14. The number of allylic oxidation sites excluding steroid dienone is 10. The molecule has 0 spiro atoms. The van der Waals surface area contributed by atoms with E-state index in [-0.39, 0.29) is 305 Å². The van der Waals surface area contributed by atoms with E-state index in [1.54, 1.807) is 55.4 Å². The number of unbranched alkanes of at least 4 members (excludes halogenated alkanes) is 2. The summed E-state index contributed by atoms with van der Waals surface area (Å²) in [5, 5.41) is 55.8. The molecule has 0 aliphatic rings. The van der Waals surface area contributed by atoms with Gasteiger partial charge >= 0.3 is 0 Å². The molecule has 0 aliphatic carbocycles. The third-order valence-electron chi connectivity index (χ3n) is 17.8. The van der Waals surface area contributed by atoms with Gasteiger partial charge in [-0.15, -0.1) is 0 Å². The first-order chi connectivity index (χ1) is 61.1. The molecular formula is C108H114Eu5O15S5. The number of hydrogen-bond acceptors (Lipinski definition) is 15. The zero-order chi connectivity index (χ0) is 94.0. The van der Waals surface area contributed by atoms with Crippen molar-refractivity contribution < 1.29 is 317 Å². The van der Waals surface area contributed by atoms with Crippen LogP contribution in [0.3, 0.4) is 0 Å². The number of carbonyl (C=O) groups is 5. The Morgan fingerprint density at radius 2 is 0.429 bits per heavy atom. The second kappa shape index (κ2) is 72.4. The average Bonchev–Trinajstić information content (AvgIpc) is 0.828. The van der Waals surface area contributed by atoms with E-state index in [9.17, 15) is 45.0 Å². The van der Waals surface area contributed by atoms with Crippen molar-refractivity contribution in [2.45, 2.75) is 108 Å². The standard InChI is InChI=1S/5C14H12O2.C14H14OS.C12H10OS.2C5H12OS.C2H6OS.5Eu/c5*1-10(15)8-14(16)13-7-6-11-4-2-3-5-12(11)9-13;1-11-5-3-7-13(9-11)16(15)14-8-4-6-12(2)10-14;13-14(11-7-3-1-4-8-11)12-9-5-2-6-10-12;2*1-3-4-5-7(2)6;1-4(2)3;;;;;/h5*2-9,15H,1H3;3-10H,1-2H3;1-10H;2*3-5H2,1-2H3;1-2H3;;;;;. The first kappa shape index (κ1) is 128. The summed E-state index contributed by atoms with van der Waals surface area (Å²) in [5.41, 5.74) is 5.22. The minimum absolute atomic E-state index is 0. The van der Waals surface area contributed by atoms with E-state index in [2.05, 4.69) is 13.8 Å². The van der Waals surface area contributed by atoms with Gasteiger partial charge in [0, 0.05) is 394 Å². The minimum Gasteiger partial charge on any atom is -0.512 e. The van der Waals surface area contributed by atoms with Crippen molar-refractivity contribution in [1.29, 1.82) is 0 Å². The number of aliphatic hydroxyl groups excluding tert-OH is 5. The maximum Gasteiger partial charge on any atom is 0.189 e. The van der Waals surface area contributed by atoms with Crippen LogP contribution in [0.25, 0.3) is 53.9 Å². The van der Waals surface area contributed by atoms with Gasteiger partial charge in [0.1, 0.15) is 0 Å². The predicted octanol–water partition coefficient (Wildman–Crippen LogP) is 26.1. The average molecular weight is 2570 g/mol. The van der Waals surface area contributed by atoms with Crippen LogP contribution in [0.15, 0.2) is 400 Å². The molecule has 5 N–H and O–H groups in total. The first-order valence-electron chi connectivity index (χ1n) is 41.1. The van der Waals surface area contributed by atoms with Crippen molar-refractivity contribution >= 4 is 137 Å². The van der Waals surface area contributed by atoms with Gasteiger partial charge in [0.05, 0.1) is 50.4 Å². The number of fused-ring (bicyclic) bond motifs is 5. The quantitative estimate of drug-likeness (QED) is 0.0270. The molecule has 0 bridgehead atoms. The molecule has 2 atom stereocenters. The number of aryl methyl sites for hydroxylation is 2. The summed E-state index contributed by atoms with van der Waals surface area (Å²) < 4.78 is 54.4. The fourth-order valence-corrected chi connectivity index (χ4v) is 15.3. The van der Waals surface area contributed by atoms with Crippen LogP contribution in [-0.2, 0) is 54.0 Å². The van der Waals surface area contributed by atoms with E-state index in [4.69, 9.17) is 25.5 Å².